The molecule has 2 aliphatic rings. The number of aliphatic hydroxyl groups excluding tert-OH is 1. The molecular weight excluding hydrogens is 643 g/mol. The Balaban J connectivity index is 1.52. The number of carbonyl (C=O) groups is 1. The number of sulfonamides is 1. The molecule has 13 heteroatoms. The van der Waals surface area contributed by atoms with Crippen molar-refractivity contribution in [1.29, 1.82) is 0 Å². The molecular formula is C26H34IN2O9S-. The zero-order valence-corrected chi connectivity index (χ0v) is 24.6. The second-order valence-electron chi connectivity index (χ2n) is 9.85. The molecule has 11 nitrogen and oxygen atoms in total. The van der Waals surface area contributed by atoms with Gasteiger partial charge < -0.3 is 0 Å². The zero-order chi connectivity index (χ0) is 28.2. The van der Waals surface area contributed by atoms with Crippen molar-refractivity contribution in [3.05, 3.63) is 52.1 Å². The fourth-order valence-corrected chi connectivity index (χ4v) is 8.74. The third kappa shape index (κ3) is 7.52. The number of phenols is 2. The number of nitrogens with zero attached hydrogens (tertiary/aromatic N) is 1. The molecule has 0 saturated carbocycles. The van der Waals surface area contributed by atoms with E-state index >= 15 is 0 Å². The molecule has 2 aromatic carbocycles. The van der Waals surface area contributed by atoms with E-state index in [4.69, 9.17) is 14.2 Å². The molecule has 2 aliphatic heterocycles. The van der Waals surface area contributed by atoms with Crippen molar-refractivity contribution in [1.82, 2.24) is 9.62 Å². The normalized spacial score (nSPS) is 22.6. The number of alkyl carbamates (subject to hydrolysis) is 1. The number of rotatable bonds is 11. The summed E-state index contributed by atoms with van der Waals surface area (Å²) in [5.74, 6) is -1.13. The first-order valence-corrected chi connectivity index (χ1v) is 16.4. The van der Waals surface area contributed by atoms with E-state index in [2.05, 4.69) is 5.32 Å². The number of benzene rings is 2. The van der Waals surface area contributed by atoms with E-state index in [0.29, 0.717) is 6.61 Å². The number of nitrogens with one attached hydrogen (secondary N) is 1. The second kappa shape index (κ2) is 13.0. The van der Waals surface area contributed by atoms with Gasteiger partial charge in [0.1, 0.15) is 0 Å². The number of aromatic hydroxyl groups is 2. The van der Waals surface area contributed by atoms with Gasteiger partial charge >= 0.3 is 239 Å². The van der Waals surface area contributed by atoms with Crippen LogP contribution in [0.5, 0.6) is 11.5 Å². The Morgan fingerprint density at radius 3 is 2.56 bits per heavy atom. The van der Waals surface area contributed by atoms with Gasteiger partial charge in [0.25, 0.3) is 0 Å². The zero-order valence-electron chi connectivity index (χ0n) is 21.6. The van der Waals surface area contributed by atoms with E-state index in [0.717, 1.165) is 26.4 Å². The van der Waals surface area contributed by atoms with Gasteiger partial charge in [-0.05, 0) is 0 Å². The number of halogens is 1. The van der Waals surface area contributed by atoms with Crippen molar-refractivity contribution in [2.45, 2.75) is 47.7 Å². The van der Waals surface area contributed by atoms with Gasteiger partial charge in [-0.15, -0.1) is 0 Å². The average Bonchev–Trinajstić information content (AvgIpc) is 3.50. The summed E-state index contributed by atoms with van der Waals surface area (Å²) in [6, 6.07) is 12.6. The molecule has 0 bridgehead atoms. The van der Waals surface area contributed by atoms with Crippen molar-refractivity contribution < 1.29 is 63.9 Å². The molecule has 4 rings (SSSR count). The quantitative estimate of drug-likeness (QED) is 0.100. The van der Waals surface area contributed by atoms with E-state index in [9.17, 15) is 28.5 Å². The Morgan fingerprint density at radius 1 is 1.13 bits per heavy atom. The number of amides is 1. The fourth-order valence-electron chi connectivity index (χ4n) is 4.44. The fraction of sp³-hybridized carbons (Fsp3) is 0.500. The Hall–Kier alpha value is -2.17. The Bertz CT molecular complexity index is 1230. The maximum atomic E-state index is 13.5. The van der Waals surface area contributed by atoms with Crippen LogP contribution in [0.1, 0.15) is 20.3 Å². The number of hydrogen-bond acceptors (Lipinski definition) is 9. The summed E-state index contributed by atoms with van der Waals surface area (Å²) in [5, 5.41) is 33.6. The number of phenolic OH excluding ortho intramolecular Hbond substituents is 2. The van der Waals surface area contributed by atoms with Gasteiger partial charge in [0.05, 0.1) is 0 Å². The predicted octanol–water partition coefficient (Wildman–Crippen LogP) is -1.12. The average molecular weight is 678 g/mol. The van der Waals surface area contributed by atoms with Crippen LogP contribution in [0.2, 0.25) is 0 Å². The van der Waals surface area contributed by atoms with Crippen LogP contribution >= 0.6 is 0 Å². The van der Waals surface area contributed by atoms with E-state index in [1.165, 1.54) is 6.07 Å². The van der Waals surface area contributed by atoms with Crippen LogP contribution in [0.15, 0.2) is 53.4 Å². The van der Waals surface area contributed by atoms with Crippen LogP contribution in [0.3, 0.4) is 0 Å². The number of carbonyl (C=O) groups excluding carboxylic acids is 1. The second-order valence-corrected chi connectivity index (χ2v) is 15.0. The molecule has 216 valence electrons. The third-order valence-electron chi connectivity index (χ3n) is 6.36. The summed E-state index contributed by atoms with van der Waals surface area (Å²) >= 11 is -1.01. The molecule has 2 saturated heterocycles. The number of aliphatic hydroxyl groups is 1. The maximum absolute atomic E-state index is 13.5. The van der Waals surface area contributed by atoms with Crippen LogP contribution in [-0.2, 0) is 24.2 Å². The SMILES string of the molecule is CC(C)CN(C[C@@H](O)[C@@H](NC(=O)O[C@H]1CO[C@H]2OCCC21)[I-]c1ccccc1)S(=O)(=O)c1ccc(O)c(O)c1. The molecule has 39 heavy (non-hydrogen) atoms. The van der Waals surface area contributed by atoms with Crippen LogP contribution in [0, 0.1) is 15.4 Å². The minimum atomic E-state index is -4.15. The van der Waals surface area contributed by atoms with Crippen molar-refractivity contribution in [2.24, 2.45) is 11.8 Å². The Labute approximate surface area is 238 Å². The van der Waals surface area contributed by atoms with E-state index < -0.39 is 65.1 Å². The summed E-state index contributed by atoms with van der Waals surface area (Å²) in [5.41, 5.74) is 0. The molecule has 1 unspecified atom stereocenters. The topological polar surface area (TPSA) is 155 Å². The van der Waals surface area contributed by atoms with Crippen molar-refractivity contribution in [2.75, 3.05) is 26.3 Å². The van der Waals surface area contributed by atoms with Crippen LogP contribution < -0.4 is 26.5 Å². The van der Waals surface area contributed by atoms with E-state index in [-0.39, 0.29) is 42.7 Å². The first-order valence-electron chi connectivity index (χ1n) is 12.6. The third-order valence-corrected chi connectivity index (χ3v) is 11.4. The molecule has 0 spiro atoms. The first-order chi connectivity index (χ1) is 18.5. The van der Waals surface area contributed by atoms with Crippen LogP contribution in [0.25, 0.3) is 0 Å². The molecule has 0 aliphatic carbocycles. The Kier molecular flexibility index (Phi) is 9.93. The van der Waals surface area contributed by atoms with Gasteiger partial charge in [-0.2, -0.15) is 0 Å². The first kappa shape index (κ1) is 29.8. The van der Waals surface area contributed by atoms with Gasteiger partial charge in [-0.25, -0.2) is 0 Å². The van der Waals surface area contributed by atoms with E-state index in [1.54, 1.807) is 0 Å². The Morgan fingerprint density at radius 2 is 1.87 bits per heavy atom. The number of hydrogen-bond donors (Lipinski definition) is 4. The van der Waals surface area contributed by atoms with Gasteiger partial charge in [0.2, 0.25) is 0 Å². The number of fused-ring (bicyclic) bond motifs is 1. The monoisotopic (exact) mass is 677 g/mol. The summed E-state index contributed by atoms with van der Waals surface area (Å²) in [7, 11) is -4.15. The summed E-state index contributed by atoms with van der Waals surface area (Å²) < 4.78 is 45.0. The molecule has 2 heterocycles. The van der Waals surface area contributed by atoms with E-state index in [1.807, 2.05) is 44.2 Å². The van der Waals surface area contributed by atoms with Gasteiger partial charge in [0.15, 0.2) is 0 Å². The van der Waals surface area contributed by atoms with Crippen molar-refractivity contribution >= 4 is 16.1 Å². The van der Waals surface area contributed by atoms with Crippen LogP contribution in [0.4, 0.5) is 4.79 Å². The molecule has 4 N–H and O–H groups in total. The van der Waals surface area contributed by atoms with Gasteiger partial charge in [-0.1, -0.05) is 0 Å². The van der Waals surface area contributed by atoms with Gasteiger partial charge in [0, 0.05) is 0 Å². The van der Waals surface area contributed by atoms with Gasteiger partial charge in [-0.3, -0.25) is 0 Å². The van der Waals surface area contributed by atoms with Crippen molar-refractivity contribution in [3.8, 4) is 11.5 Å². The molecule has 1 amide bonds. The minimum absolute atomic E-state index is 0.0450. The molecule has 0 radical (unpaired) electrons. The molecule has 2 fully saturated rings. The van der Waals surface area contributed by atoms with Crippen LogP contribution in [-0.4, -0.2) is 83.0 Å². The summed E-state index contributed by atoms with van der Waals surface area (Å²) in [6.07, 6.45) is -2.09. The summed E-state index contributed by atoms with van der Waals surface area (Å²) in [6.45, 7) is 4.24. The number of alkyl halides is 1. The standard InChI is InChI=1S/C26H34IN2O9S/c1-16(2)13-29(39(34,35)18-8-9-20(30)21(31)12-18)14-22(32)24(27-17-6-4-3-5-7-17)28-26(33)38-23-15-37-25-19(23)10-11-36-25/h3-9,12,16,19,22-25,30-32H,10-11,13-15H2,1-2H3,(H,28,33)/q-1/t19?,22-,23+,24-,25-/m1/s1. The summed E-state index contributed by atoms with van der Waals surface area (Å²) in [4.78, 5) is 12.7. The molecule has 0 aromatic heterocycles. The molecule has 5 atom stereocenters. The predicted molar refractivity (Wildman–Crippen MR) is 136 cm³/mol. The number of ether oxygens (including phenoxy) is 3. The molecule has 2 aromatic rings. The van der Waals surface area contributed by atoms with Crippen molar-refractivity contribution in [3.63, 3.8) is 0 Å².